The van der Waals surface area contributed by atoms with Crippen LogP contribution in [0, 0.1) is 5.82 Å². The maximum absolute atomic E-state index is 15.1. The molecule has 0 aliphatic heterocycles. The monoisotopic (exact) mass is 610 g/mol. The molecule has 2 aromatic heterocycles. The summed E-state index contributed by atoms with van der Waals surface area (Å²) in [6.07, 6.45) is 5.30. The Hall–Kier alpha value is -3.77. The third-order valence-electron chi connectivity index (χ3n) is 7.30. The Bertz CT molecular complexity index is 1610. The Balaban J connectivity index is 1.49. The highest BCUT2D eigenvalue weighted by atomic mass is 35.5. The van der Waals surface area contributed by atoms with Gasteiger partial charge in [0, 0.05) is 42.4 Å². The number of aromatic amines is 1. The van der Waals surface area contributed by atoms with Crippen LogP contribution in [0.2, 0.25) is 5.02 Å². The van der Waals surface area contributed by atoms with Gasteiger partial charge in [0.15, 0.2) is 11.8 Å². The Kier molecular flexibility index (Phi) is 10.9. The van der Waals surface area contributed by atoms with Crippen molar-refractivity contribution in [2.45, 2.75) is 70.6 Å². The van der Waals surface area contributed by atoms with E-state index in [0.717, 1.165) is 30.4 Å². The van der Waals surface area contributed by atoms with Gasteiger partial charge in [-0.3, -0.25) is 9.56 Å². The van der Waals surface area contributed by atoms with E-state index < -0.39 is 11.5 Å². The molecule has 4 aromatic rings. The predicted molar refractivity (Wildman–Crippen MR) is 171 cm³/mol. The summed E-state index contributed by atoms with van der Waals surface area (Å²) >= 11 is 6.23. The number of aliphatic hydroxyl groups excluding tert-OH is 1. The van der Waals surface area contributed by atoms with E-state index in [-0.39, 0.29) is 35.7 Å². The van der Waals surface area contributed by atoms with E-state index in [2.05, 4.69) is 20.3 Å². The first-order valence-corrected chi connectivity index (χ1v) is 14.8. The Morgan fingerprint density at radius 2 is 1.91 bits per heavy atom. The summed E-state index contributed by atoms with van der Waals surface area (Å²) in [7, 11) is 0. The van der Waals surface area contributed by atoms with E-state index in [0.29, 0.717) is 47.4 Å². The van der Waals surface area contributed by atoms with E-state index in [1.54, 1.807) is 24.4 Å². The van der Waals surface area contributed by atoms with E-state index >= 15 is 4.39 Å². The third kappa shape index (κ3) is 8.64. The molecule has 0 spiro atoms. The fourth-order valence-corrected chi connectivity index (χ4v) is 5.33. The second-order valence-electron chi connectivity index (χ2n) is 11.1. The van der Waals surface area contributed by atoms with Gasteiger partial charge in [-0.15, -0.1) is 0 Å². The highest BCUT2D eigenvalue weighted by molar-refractivity contribution is 6.31. The number of halogens is 2. The molecule has 0 radical (unpaired) electrons. The molecule has 12 heteroatoms. The van der Waals surface area contributed by atoms with Crippen LogP contribution in [0.4, 0.5) is 4.39 Å². The highest BCUT2D eigenvalue weighted by Gasteiger charge is 2.16. The molecule has 0 bridgehead atoms. The van der Waals surface area contributed by atoms with Crippen LogP contribution in [0.25, 0.3) is 28.0 Å². The minimum Gasteiger partial charge on any atom is -0.396 e. The molecule has 9 N–H and O–H groups in total. The van der Waals surface area contributed by atoms with Gasteiger partial charge in [0.1, 0.15) is 5.65 Å². The first-order valence-electron chi connectivity index (χ1n) is 14.4. The molecule has 230 valence electrons. The number of hydrogen-bond donors (Lipinski definition) is 6. The smallest absolute Gasteiger partial charge is 0.354 e. The molecule has 2 heterocycles. The third-order valence-corrected chi connectivity index (χ3v) is 7.57. The minimum absolute atomic E-state index is 0.00715. The van der Waals surface area contributed by atoms with Crippen molar-refractivity contribution in [3.63, 3.8) is 0 Å². The maximum atomic E-state index is 15.1. The number of rotatable bonds is 14. The largest absolute Gasteiger partial charge is 0.396 e. The van der Waals surface area contributed by atoms with Crippen molar-refractivity contribution in [3.8, 4) is 16.9 Å². The molecule has 0 amide bonds. The maximum Gasteiger partial charge on any atom is 0.354 e. The average Bonchev–Trinajstić information content (AvgIpc) is 3.35. The summed E-state index contributed by atoms with van der Waals surface area (Å²) in [4.78, 5) is 24.4. The summed E-state index contributed by atoms with van der Waals surface area (Å²) in [6, 6.07) is 12.8. The van der Waals surface area contributed by atoms with Crippen molar-refractivity contribution in [2.24, 2.45) is 22.2 Å². The van der Waals surface area contributed by atoms with Gasteiger partial charge in [-0.25, -0.2) is 9.18 Å². The fraction of sp³-hybridized carbons (Fsp3) is 0.387. The van der Waals surface area contributed by atoms with Gasteiger partial charge in [-0.05, 0) is 87.4 Å². The van der Waals surface area contributed by atoms with Crippen LogP contribution in [-0.4, -0.2) is 50.3 Å². The first-order chi connectivity index (χ1) is 20.5. The number of benzene rings is 2. The first kappa shape index (κ1) is 32.2. The number of aryl methyl sites for hydroxylation is 1. The van der Waals surface area contributed by atoms with Crippen molar-refractivity contribution in [3.05, 3.63) is 81.1 Å². The van der Waals surface area contributed by atoms with Gasteiger partial charge in [0.25, 0.3) is 0 Å². The lowest BCUT2D eigenvalue weighted by Crippen LogP contribution is -2.32. The molecule has 0 aliphatic rings. The molecule has 0 aliphatic carbocycles. The number of nitrogens with zero attached hydrogens (tertiary/aromatic N) is 3. The van der Waals surface area contributed by atoms with Crippen molar-refractivity contribution < 1.29 is 9.50 Å². The molecule has 0 fully saturated rings. The van der Waals surface area contributed by atoms with Crippen molar-refractivity contribution in [2.75, 3.05) is 6.61 Å². The minimum atomic E-state index is -0.530. The molecule has 2 aromatic carbocycles. The average molecular weight is 611 g/mol. The summed E-state index contributed by atoms with van der Waals surface area (Å²) in [5.74, 6) is -0.521. The number of aromatic nitrogens is 3. The second-order valence-corrected chi connectivity index (χ2v) is 11.5. The van der Waals surface area contributed by atoms with E-state index in [9.17, 15) is 9.90 Å². The number of guanidine groups is 1. The van der Waals surface area contributed by atoms with Crippen LogP contribution in [0.1, 0.15) is 50.7 Å². The van der Waals surface area contributed by atoms with E-state index in [4.69, 9.17) is 28.8 Å². The zero-order valence-corrected chi connectivity index (χ0v) is 25.2. The summed E-state index contributed by atoms with van der Waals surface area (Å²) in [5.41, 5.74) is 20.2. The van der Waals surface area contributed by atoms with Crippen molar-refractivity contribution in [1.29, 1.82) is 0 Å². The predicted octanol–water partition coefficient (Wildman–Crippen LogP) is 3.74. The lowest BCUT2D eigenvalue weighted by Gasteiger charge is -2.19. The molecular formula is C31H40ClFN8O2. The zero-order chi connectivity index (χ0) is 31.1. The Morgan fingerprint density at radius 1 is 1.16 bits per heavy atom. The van der Waals surface area contributed by atoms with Gasteiger partial charge in [-0.1, -0.05) is 23.7 Å². The molecule has 4 rings (SSSR count). The topological polar surface area (TPSA) is 173 Å². The lowest BCUT2D eigenvalue weighted by molar-refractivity contribution is 0.268. The van der Waals surface area contributed by atoms with Gasteiger partial charge in [0.05, 0.1) is 22.4 Å². The van der Waals surface area contributed by atoms with Gasteiger partial charge < -0.3 is 32.6 Å². The number of aliphatic imine (C=N–C) groups is 1. The molecule has 0 saturated heterocycles. The number of fused-ring (bicyclic) bond motifs is 1. The standard InChI is InChI=1S/C31H40ClFN8O2/c1-18(34)4-3-5-21-13-25(28(33)26(32)14-21)27-15-22-17-41(31(43)40-29(22)39-27)24-8-6-20(7-9-24)16-37-19(2)12-23(10-11-42)38-30(35)36/h6-9,13-15,17-19,23,37,42H,3-5,10-12,16,34H2,1-2H3,(H4,35,36,38)(H,39,40,43)/t18-,19-,23+/m0/s1. The summed E-state index contributed by atoms with van der Waals surface area (Å²) < 4.78 is 16.5. The van der Waals surface area contributed by atoms with Crippen LogP contribution >= 0.6 is 11.6 Å². The fourth-order valence-electron chi connectivity index (χ4n) is 5.09. The van der Waals surface area contributed by atoms with E-state index in [1.807, 2.05) is 38.1 Å². The number of nitrogens with one attached hydrogen (secondary N) is 2. The van der Waals surface area contributed by atoms with Gasteiger partial charge >= 0.3 is 5.69 Å². The lowest BCUT2D eigenvalue weighted by atomic mass is 10.0. The number of H-pyrrole nitrogens is 1. The van der Waals surface area contributed by atoms with Gasteiger partial charge in [0.2, 0.25) is 0 Å². The van der Waals surface area contributed by atoms with Crippen LogP contribution in [0.15, 0.2) is 58.4 Å². The van der Waals surface area contributed by atoms with Crippen molar-refractivity contribution in [1.82, 2.24) is 19.9 Å². The molecule has 3 atom stereocenters. The molecule has 43 heavy (non-hydrogen) atoms. The summed E-state index contributed by atoms with van der Waals surface area (Å²) in [6.45, 7) is 4.60. The zero-order valence-electron chi connectivity index (χ0n) is 24.5. The highest BCUT2D eigenvalue weighted by Crippen LogP contribution is 2.31. The van der Waals surface area contributed by atoms with Crippen LogP contribution < -0.4 is 28.2 Å². The Morgan fingerprint density at radius 3 is 2.58 bits per heavy atom. The van der Waals surface area contributed by atoms with Crippen LogP contribution in [0.5, 0.6) is 0 Å². The van der Waals surface area contributed by atoms with Crippen molar-refractivity contribution >= 4 is 28.6 Å². The SMILES string of the molecule is C[C@H](N)CCCc1cc(Cl)c(F)c(-c2cc3cn(-c4ccc(CN[C@@H](C)C[C@@H](CCO)N=C(N)N)cc4)c(=O)nc3[nH]2)c1. The number of hydrogen-bond acceptors (Lipinski definition) is 6. The molecule has 0 unspecified atom stereocenters. The molecule has 0 saturated carbocycles. The van der Waals surface area contributed by atoms with Crippen LogP contribution in [-0.2, 0) is 13.0 Å². The van der Waals surface area contributed by atoms with Gasteiger partial charge in [-0.2, -0.15) is 4.98 Å². The van der Waals surface area contributed by atoms with Crippen LogP contribution in [0.3, 0.4) is 0 Å². The number of nitrogens with two attached hydrogens (primary N) is 3. The quantitative estimate of drug-likeness (QED) is 0.0931. The number of aliphatic hydroxyl groups is 1. The second kappa shape index (κ2) is 14.6. The Labute approximate surface area is 255 Å². The summed E-state index contributed by atoms with van der Waals surface area (Å²) in [5, 5.41) is 13.4. The molecule has 10 nitrogen and oxygen atoms in total. The molecular weight excluding hydrogens is 571 g/mol. The van der Waals surface area contributed by atoms with E-state index in [1.165, 1.54) is 4.57 Å². The normalized spacial score (nSPS) is 13.6.